The van der Waals surface area contributed by atoms with Gasteiger partial charge in [0.25, 0.3) is 0 Å². The van der Waals surface area contributed by atoms with E-state index in [1.54, 1.807) is 0 Å². The van der Waals surface area contributed by atoms with Gasteiger partial charge in [-0.3, -0.25) is 0 Å². The molecule has 0 aliphatic heterocycles. The van der Waals surface area contributed by atoms with Crippen molar-refractivity contribution in [3.8, 4) is 0 Å². The molecule has 0 fully saturated rings. The average molecular weight is 264 g/mol. The molecule has 2 N–H and O–H groups in total. The third kappa shape index (κ3) is 3.27. The number of halogens is 2. The van der Waals surface area contributed by atoms with Gasteiger partial charge in [-0.2, -0.15) is 0 Å². The molecule has 4 nitrogen and oxygen atoms in total. The highest BCUT2D eigenvalue weighted by atomic mass is 35.5. The molecule has 0 amide bonds. The Hall–Kier alpha value is -0.970. The Kier molecular flexibility index (Phi) is 4.86. The molecule has 0 aromatic heterocycles. The van der Waals surface area contributed by atoms with Crippen LogP contribution in [0.25, 0.3) is 0 Å². The van der Waals surface area contributed by atoms with E-state index in [9.17, 15) is 4.79 Å². The molecule has 0 heterocycles. The molecular weight excluding hydrogens is 253 g/mol. The number of carbonyl (C=O) groups is 1. The molecule has 0 saturated heterocycles. The monoisotopic (exact) mass is 263 g/mol. The summed E-state index contributed by atoms with van der Waals surface area (Å²) in [6, 6.07) is 2.88. The minimum Gasteiger partial charge on any atom is -0.460 e. The molecule has 0 saturated carbocycles. The first-order chi connectivity index (χ1) is 7.56. The maximum absolute atomic E-state index is 11.6. The Morgan fingerprint density at radius 2 is 2.06 bits per heavy atom. The van der Waals surface area contributed by atoms with Crippen LogP contribution >= 0.6 is 23.2 Å². The lowest BCUT2D eigenvalue weighted by molar-refractivity contribution is 0.0389. The highest BCUT2D eigenvalue weighted by molar-refractivity contribution is 6.37. The van der Waals surface area contributed by atoms with E-state index in [4.69, 9.17) is 38.4 Å². The molecule has 1 aromatic carbocycles. The van der Waals surface area contributed by atoms with Crippen molar-refractivity contribution in [2.75, 3.05) is 26.1 Å². The number of hydrogen-bond donors (Lipinski definition) is 1. The number of ether oxygens (including phenoxy) is 2. The van der Waals surface area contributed by atoms with E-state index < -0.39 is 5.97 Å². The fourth-order valence-electron chi connectivity index (χ4n) is 1.05. The lowest BCUT2D eigenvalue weighted by Crippen LogP contribution is -2.12. The SMILES string of the molecule is COCCOC(=O)c1cc(Cl)cc(Cl)c1N. The number of rotatable bonds is 4. The lowest BCUT2D eigenvalue weighted by Gasteiger charge is -2.08. The second-order valence-electron chi connectivity index (χ2n) is 2.98. The molecule has 0 aliphatic carbocycles. The number of nitrogen functional groups attached to an aromatic ring is 1. The molecular formula is C10H11Cl2NO3. The van der Waals surface area contributed by atoms with Gasteiger partial charge in [0.15, 0.2) is 0 Å². The highest BCUT2D eigenvalue weighted by Gasteiger charge is 2.14. The van der Waals surface area contributed by atoms with E-state index in [1.165, 1.54) is 19.2 Å². The van der Waals surface area contributed by atoms with Gasteiger partial charge in [0.1, 0.15) is 6.61 Å². The summed E-state index contributed by atoms with van der Waals surface area (Å²) >= 11 is 11.5. The van der Waals surface area contributed by atoms with Crippen LogP contribution in [0.3, 0.4) is 0 Å². The molecule has 1 aromatic rings. The third-order valence-electron chi connectivity index (χ3n) is 1.83. The van der Waals surface area contributed by atoms with Crippen LogP contribution < -0.4 is 5.73 Å². The summed E-state index contributed by atoms with van der Waals surface area (Å²) in [5.41, 5.74) is 5.96. The minimum absolute atomic E-state index is 0.152. The molecule has 88 valence electrons. The predicted molar refractivity (Wildman–Crippen MR) is 63.0 cm³/mol. The summed E-state index contributed by atoms with van der Waals surface area (Å²) < 4.78 is 9.64. The van der Waals surface area contributed by atoms with Crippen molar-refractivity contribution < 1.29 is 14.3 Å². The summed E-state index contributed by atoms with van der Waals surface area (Å²) in [6.45, 7) is 0.471. The van der Waals surface area contributed by atoms with Crippen LogP contribution in [0, 0.1) is 0 Å². The zero-order valence-electron chi connectivity index (χ0n) is 8.63. The fourth-order valence-corrected chi connectivity index (χ4v) is 1.54. The van der Waals surface area contributed by atoms with Crippen molar-refractivity contribution in [2.45, 2.75) is 0 Å². The number of anilines is 1. The maximum Gasteiger partial charge on any atom is 0.340 e. The number of carbonyl (C=O) groups excluding carboxylic acids is 1. The van der Waals surface area contributed by atoms with Crippen LogP contribution in [0.1, 0.15) is 10.4 Å². The van der Waals surface area contributed by atoms with Gasteiger partial charge in [0, 0.05) is 12.1 Å². The number of nitrogens with two attached hydrogens (primary N) is 1. The summed E-state index contributed by atoms with van der Waals surface area (Å²) in [5, 5.41) is 0.559. The van der Waals surface area contributed by atoms with E-state index in [0.717, 1.165) is 0 Å². The Labute approximate surface area is 103 Å². The van der Waals surface area contributed by atoms with Crippen molar-refractivity contribution >= 4 is 34.9 Å². The molecule has 1 rings (SSSR count). The topological polar surface area (TPSA) is 61.5 Å². The van der Waals surface area contributed by atoms with Gasteiger partial charge in [0.2, 0.25) is 0 Å². The minimum atomic E-state index is -0.570. The van der Waals surface area contributed by atoms with Gasteiger partial charge in [-0.25, -0.2) is 4.79 Å². The Bertz CT molecular complexity index is 396. The number of methoxy groups -OCH3 is 1. The molecule has 0 unspecified atom stereocenters. The van der Waals surface area contributed by atoms with E-state index in [-0.39, 0.29) is 22.9 Å². The Balaban J connectivity index is 2.82. The Morgan fingerprint density at radius 1 is 1.38 bits per heavy atom. The number of hydrogen-bond acceptors (Lipinski definition) is 4. The molecule has 0 spiro atoms. The molecule has 0 aliphatic rings. The molecule has 6 heteroatoms. The van der Waals surface area contributed by atoms with Gasteiger partial charge in [-0.1, -0.05) is 23.2 Å². The maximum atomic E-state index is 11.6. The van der Waals surface area contributed by atoms with Crippen LogP contribution in [0.15, 0.2) is 12.1 Å². The second kappa shape index (κ2) is 5.94. The van der Waals surface area contributed by atoms with Crippen LogP contribution in [-0.4, -0.2) is 26.3 Å². The number of benzene rings is 1. The van der Waals surface area contributed by atoms with Crippen molar-refractivity contribution in [3.63, 3.8) is 0 Å². The first kappa shape index (κ1) is 13.1. The highest BCUT2D eigenvalue weighted by Crippen LogP contribution is 2.27. The van der Waals surface area contributed by atoms with E-state index in [2.05, 4.69) is 0 Å². The van der Waals surface area contributed by atoms with Crippen molar-refractivity contribution in [2.24, 2.45) is 0 Å². The standard InChI is InChI=1S/C10H11Cl2NO3/c1-15-2-3-16-10(14)7-4-6(11)5-8(12)9(7)13/h4-5H,2-3,13H2,1H3. The van der Waals surface area contributed by atoms with E-state index in [1.807, 2.05) is 0 Å². The van der Waals surface area contributed by atoms with Gasteiger partial charge < -0.3 is 15.2 Å². The molecule has 0 radical (unpaired) electrons. The second-order valence-corrected chi connectivity index (χ2v) is 3.82. The fraction of sp³-hybridized carbons (Fsp3) is 0.300. The summed E-state index contributed by atoms with van der Waals surface area (Å²) in [5.74, 6) is -0.570. The lowest BCUT2D eigenvalue weighted by atomic mass is 10.2. The smallest absolute Gasteiger partial charge is 0.340 e. The number of esters is 1. The van der Waals surface area contributed by atoms with Gasteiger partial charge in [0.05, 0.1) is 22.9 Å². The van der Waals surface area contributed by atoms with Crippen LogP contribution in [0.2, 0.25) is 10.0 Å². The van der Waals surface area contributed by atoms with Crippen LogP contribution in [0.5, 0.6) is 0 Å². The first-order valence-electron chi connectivity index (χ1n) is 4.47. The Morgan fingerprint density at radius 3 is 2.69 bits per heavy atom. The zero-order chi connectivity index (χ0) is 12.1. The third-order valence-corrected chi connectivity index (χ3v) is 2.37. The van der Waals surface area contributed by atoms with Crippen molar-refractivity contribution in [1.29, 1.82) is 0 Å². The average Bonchev–Trinajstić information content (AvgIpc) is 2.23. The van der Waals surface area contributed by atoms with Crippen LogP contribution in [0.4, 0.5) is 5.69 Å². The van der Waals surface area contributed by atoms with Crippen LogP contribution in [-0.2, 0) is 9.47 Å². The summed E-state index contributed by atoms with van der Waals surface area (Å²) in [7, 11) is 1.51. The van der Waals surface area contributed by atoms with Gasteiger partial charge in [-0.05, 0) is 12.1 Å². The van der Waals surface area contributed by atoms with E-state index in [0.29, 0.717) is 11.6 Å². The molecule has 0 bridgehead atoms. The zero-order valence-corrected chi connectivity index (χ0v) is 10.1. The summed E-state index contributed by atoms with van der Waals surface area (Å²) in [4.78, 5) is 11.6. The molecule has 0 atom stereocenters. The van der Waals surface area contributed by atoms with Gasteiger partial charge >= 0.3 is 5.97 Å². The van der Waals surface area contributed by atoms with Crippen molar-refractivity contribution in [3.05, 3.63) is 27.7 Å². The first-order valence-corrected chi connectivity index (χ1v) is 5.22. The quantitative estimate of drug-likeness (QED) is 0.515. The summed E-state index contributed by atoms with van der Waals surface area (Å²) in [6.07, 6.45) is 0. The van der Waals surface area contributed by atoms with E-state index >= 15 is 0 Å². The largest absolute Gasteiger partial charge is 0.460 e. The molecule has 16 heavy (non-hydrogen) atoms. The normalized spacial score (nSPS) is 10.2. The van der Waals surface area contributed by atoms with Crippen molar-refractivity contribution in [1.82, 2.24) is 0 Å². The van der Waals surface area contributed by atoms with Gasteiger partial charge in [-0.15, -0.1) is 0 Å². The predicted octanol–water partition coefficient (Wildman–Crippen LogP) is 2.38.